The molecule has 0 amide bonds. The minimum absolute atomic E-state index is 0.503. The van der Waals surface area contributed by atoms with Crippen molar-refractivity contribution in [2.75, 3.05) is 26.2 Å². The smallest absolute Gasteiger partial charge is 0.122 e. The number of hydrogen-bond donors (Lipinski definition) is 3. The molecule has 2 rings (SSSR count). The number of hydrogen-bond acceptors (Lipinski definition) is 5. The molecular weight excluding hydrogens is 182 g/mol. The fraction of sp³-hybridized carbons (Fsp3) is 1.00. The molecule has 0 saturated carbocycles. The van der Waals surface area contributed by atoms with Gasteiger partial charge in [-0.25, -0.2) is 5.01 Å². The summed E-state index contributed by atoms with van der Waals surface area (Å²) in [6.45, 7) is 3.59. The van der Waals surface area contributed by atoms with E-state index in [1.807, 2.05) is 0 Å². The van der Waals surface area contributed by atoms with Crippen LogP contribution < -0.4 is 5.32 Å². The molecule has 3 N–H and O–H groups in total. The third kappa shape index (κ3) is 2.07. The van der Waals surface area contributed by atoms with Crippen molar-refractivity contribution in [3.05, 3.63) is 0 Å². The van der Waals surface area contributed by atoms with Gasteiger partial charge in [0, 0.05) is 26.2 Å². The van der Waals surface area contributed by atoms with Gasteiger partial charge in [0.1, 0.15) is 12.5 Å². The predicted molar refractivity (Wildman–Crippen MR) is 52.1 cm³/mol. The second kappa shape index (κ2) is 4.55. The van der Waals surface area contributed by atoms with E-state index in [4.69, 9.17) is 0 Å². The lowest BCUT2D eigenvalue weighted by atomic mass is 10.1. The largest absolute Gasteiger partial charge is 0.377 e. The second-order valence-electron chi connectivity index (χ2n) is 3.98. The summed E-state index contributed by atoms with van der Waals surface area (Å²) in [6, 6.07) is 0. The average Bonchev–Trinajstić information content (AvgIpc) is 2.19. The number of piperidine rings is 1. The highest BCUT2D eigenvalue weighted by atomic mass is 16.3. The molecule has 0 aromatic rings. The van der Waals surface area contributed by atoms with Gasteiger partial charge < -0.3 is 15.5 Å². The number of hydrazine groups is 1. The summed E-state index contributed by atoms with van der Waals surface area (Å²) >= 11 is 0. The molecule has 0 bridgehead atoms. The molecule has 14 heavy (non-hydrogen) atoms. The Kier molecular flexibility index (Phi) is 3.35. The Morgan fingerprint density at radius 3 is 2.14 bits per heavy atom. The van der Waals surface area contributed by atoms with Gasteiger partial charge in [-0.15, -0.1) is 0 Å². The highest BCUT2D eigenvalue weighted by Gasteiger charge is 2.32. The molecule has 5 heteroatoms. The average molecular weight is 201 g/mol. The van der Waals surface area contributed by atoms with Gasteiger partial charge in [0.15, 0.2) is 0 Å². The Morgan fingerprint density at radius 1 is 1.00 bits per heavy atom. The van der Waals surface area contributed by atoms with Crippen LogP contribution in [0.25, 0.3) is 0 Å². The molecule has 0 radical (unpaired) electrons. The van der Waals surface area contributed by atoms with Crippen LogP contribution in [-0.2, 0) is 0 Å². The summed E-state index contributed by atoms with van der Waals surface area (Å²) in [4.78, 5) is 0. The van der Waals surface area contributed by atoms with E-state index in [1.165, 1.54) is 0 Å². The molecule has 0 aliphatic carbocycles. The molecule has 0 aromatic carbocycles. The lowest BCUT2D eigenvalue weighted by Gasteiger charge is -2.45. The Morgan fingerprint density at radius 2 is 1.57 bits per heavy atom. The highest BCUT2D eigenvalue weighted by Crippen LogP contribution is 2.21. The van der Waals surface area contributed by atoms with E-state index in [9.17, 15) is 10.2 Å². The van der Waals surface area contributed by atoms with E-state index in [0.29, 0.717) is 0 Å². The summed E-state index contributed by atoms with van der Waals surface area (Å²) in [6.07, 6.45) is 1.43. The summed E-state index contributed by atoms with van der Waals surface area (Å²) in [5, 5.41) is 26.6. The van der Waals surface area contributed by atoms with Crippen LogP contribution in [0.5, 0.6) is 0 Å². The molecule has 5 nitrogen and oxygen atoms in total. The molecule has 82 valence electrons. The van der Waals surface area contributed by atoms with Gasteiger partial charge in [-0.1, -0.05) is 0 Å². The Labute approximate surface area is 84.3 Å². The van der Waals surface area contributed by atoms with Gasteiger partial charge in [-0.3, -0.25) is 0 Å². The minimum atomic E-state index is -0.503. The lowest BCUT2D eigenvalue weighted by Crippen LogP contribution is -2.60. The lowest BCUT2D eigenvalue weighted by molar-refractivity contribution is -0.239. The van der Waals surface area contributed by atoms with Crippen molar-refractivity contribution < 1.29 is 10.2 Å². The topological polar surface area (TPSA) is 59.0 Å². The number of aliphatic hydroxyl groups is 2. The molecule has 2 unspecified atom stereocenters. The quantitative estimate of drug-likeness (QED) is 0.504. The zero-order chi connectivity index (χ0) is 9.97. The van der Waals surface area contributed by atoms with Crippen LogP contribution in [0.1, 0.15) is 19.3 Å². The zero-order valence-electron chi connectivity index (χ0n) is 8.39. The molecule has 2 saturated heterocycles. The normalized spacial score (nSPS) is 37.3. The van der Waals surface area contributed by atoms with Gasteiger partial charge in [0.2, 0.25) is 0 Å². The van der Waals surface area contributed by atoms with Crippen LogP contribution in [0.15, 0.2) is 0 Å². The van der Waals surface area contributed by atoms with E-state index < -0.39 is 12.5 Å². The molecule has 2 aliphatic rings. The highest BCUT2D eigenvalue weighted by molar-refractivity contribution is 4.74. The monoisotopic (exact) mass is 201 g/mol. The van der Waals surface area contributed by atoms with Crippen LogP contribution in [0.4, 0.5) is 0 Å². The third-order valence-corrected chi connectivity index (χ3v) is 2.96. The van der Waals surface area contributed by atoms with Crippen molar-refractivity contribution >= 4 is 0 Å². The van der Waals surface area contributed by atoms with E-state index in [1.54, 1.807) is 5.01 Å². The maximum Gasteiger partial charge on any atom is 0.122 e. The van der Waals surface area contributed by atoms with Crippen LogP contribution in [0.3, 0.4) is 0 Å². The van der Waals surface area contributed by atoms with Gasteiger partial charge in [0.05, 0.1) is 0 Å². The van der Waals surface area contributed by atoms with Gasteiger partial charge in [-0.05, 0) is 19.3 Å². The maximum absolute atomic E-state index is 9.80. The zero-order valence-corrected chi connectivity index (χ0v) is 8.39. The number of aliphatic hydroxyl groups excluding tert-OH is 2. The van der Waals surface area contributed by atoms with Gasteiger partial charge in [-0.2, -0.15) is 5.01 Å². The second-order valence-corrected chi connectivity index (χ2v) is 3.98. The standard InChI is InChI=1S/C9H19N3O2/c13-8-2-1-3-9(14)12(8)11-6-4-10-5-7-11/h8-10,13-14H,1-7H2. The van der Waals surface area contributed by atoms with Crippen molar-refractivity contribution in [2.24, 2.45) is 0 Å². The fourth-order valence-electron chi connectivity index (χ4n) is 2.21. The fourth-order valence-corrected chi connectivity index (χ4v) is 2.21. The molecule has 2 heterocycles. The Balaban J connectivity index is 1.97. The van der Waals surface area contributed by atoms with E-state index in [-0.39, 0.29) is 0 Å². The number of nitrogens with zero attached hydrogens (tertiary/aromatic N) is 2. The number of rotatable bonds is 1. The van der Waals surface area contributed by atoms with Crippen molar-refractivity contribution in [3.63, 3.8) is 0 Å². The van der Waals surface area contributed by atoms with E-state index >= 15 is 0 Å². The van der Waals surface area contributed by atoms with Crippen LogP contribution in [0, 0.1) is 0 Å². The van der Waals surface area contributed by atoms with Crippen molar-refractivity contribution in [1.82, 2.24) is 15.3 Å². The van der Waals surface area contributed by atoms with Crippen LogP contribution >= 0.6 is 0 Å². The van der Waals surface area contributed by atoms with Crippen LogP contribution in [-0.4, -0.2) is 58.9 Å². The minimum Gasteiger partial charge on any atom is -0.377 e. The first-order chi connectivity index (χ1) is 6.79. The molecule has 0 spiro atoms. The van der Waals surface area contributed by atoms with Crippen molar-refractivity contribution in [3.8, 4) is 0 Å². The van der Waals surface area contributed by atoms with Crippen LogP contribution in [0.2, 0.25) is 0 Å². The van der Waals surface area contributed by atoms with E-state index in [2.05, 4.69) is 10.3 Å². The van der Waals surface area contributed by atoms with Gasteiger partial charge in [0.25, 0.3) is 0 Å². The van der Waals surface area contributed by atoms with Crippen molar-refractivity contribution in [2.45, 2.75) is 31.7 Å². The Hall–Kier alpha value is -0.200. The molecule has 2 fully saturated rings. The van der Waals surface area contributed by atoms with E-state index in [0.717, 1.165) is 45.4 Å². The molecule has 2 aliphatic heterocycles. The SMILES string of the molecule is OC1CCCC(O)N1N1CCNCC1. The first-order valence-corrected chi connectivity index (χ1v) is 5.39. The Bertz CT molecular complexity index is 175. The summed E-state index contributed by atoms with van der Waals surface area (Å²) in [7, 11) is 0. The maximum atomic E-state index is 9.80. The first kappa shape index (κ1) is 10.3. The summed E-state index contributed by atoms with van der Waals surface area (Å²) in [5.74, 6) is 0. The predicted octanol–water partition coefficient (Wildman–Crippen LogP) is -1.07. The number of nitrogens with one attached hydrogen (secondary N) is 1. The number of piperazine rings is 1. The summed E-state index contributed by atoms with van der Waals surface area (Å²) < 4.78 is 0. The van der Waals surface area contributed by atoms with Crippen molar-refractivity contribution in [1.29, 1.82) is 0 Å². The molecule has 0 aromatic heterocycles. The molecule has 2 atom stereocenters. The van der Waals surface area contributed by atoms with Gasteiger partial charge >= 0.3 is 0 Å². The third-order valence-electron chi connectivity index (χ3n) is 2.96. The summed E-state index contributed by atoms with van der Waals surface area (Å²) in [5.41, 5.74) is 0. The first-order valence-electron chi connectivity index (χ1n) is 5.39. The molecular formula is C9H19N3O2.